The summed E-state index contributed by atoms with van der Waals surface area (Å²) in [5, 5.41) is 5.87. The van der Waals surface area contributed by atoms with Crippen LogP contribution in [0.5, 0.6) is 0 Å². The quantitative estimate of drug-likeness (QED) is 0.701. The number of benzene rings is 1. The molecule has 31 heavy (non-hydrogen) atoms. The summed E-state index contributed by atoms with van der Waals surface area (Å²) in [6.45, 7) is 7.54. The third-order valence-corrected chi connectivity index (χ3v) is 5.69. The topological polar surface area (TPSA) is 91.6 Å². The number of hydrogen-bond acceptors (Lipinski definition) is 4. The second-order valence-electron chi connectivity index (χ2n) is 8.47. The van der Waals surface area contributed by atoms with Gasteiger partial charge in [0.15, 0.2) is 5.76 Å². The third kappa shape index (κ3) is 5.96. The zero-order valence-corrected chi connectivity index (χ0v) is 18.4. The lowest BCUT2D eigenvalue weighted by molar-refractivity contribution is -0.130. The molecule has 0 bridgehead atoms. The van der Waals surface area contributed by atoms with Crippen LogP contribution < -0.4 is 10.6 Å². The molecule has 3 amide bonds. The van der Waals surface area contributed by atoms with Crippen molar-refractivity contribution in [3.8, 4) is 0 Å². The summed E-state index contributed by atoms with van der Waals surface area (Å²) in [4.78, 5) is 39.5. The van der Waals surface area contributed by atoms with Gasteiger partial charge in [-0.3, -0.25) is 14.4 Å². The second kappa shape index (κ2) is 10.3. The summed E-state index contributed by atoms with van der Waals surface area (Å²) in [5.74, 6) is 0.361. The molecule has 166 valence electrons. The van der Waals surface area contributed by atoms with Crippen LogP contribution in [0.1, 0.15) is 66.0 Å². The van der Waals surface area contributed by atoms with Gasteiger partial charge in [-0.1, -0.05) is 19.9 Å². The van der Waals surface area contributed by atoms with Crippen molar-refractivity contribution in [1.82, 2.24) is 10.2 Å². The summed E-state index contributed by atoms with van der Waals surface area (Å²) < 4.78 is 5.12. The zero-order valence-electron chi connectivity index (χ0n) is 18.4. The van der Waals surface area contributed by atoms with Crippen LogP contribution in [-0.4, -0.2) is 41.8 Å². The molecule has 1 atom stereocenters. The Morgan fingerprint density at radius 1 is 1.16 bits per heavy atom. The van der Waals surface area contributed by atoms with E-state index in [1.807, 2.05) is 4.90 Å². The van der Waals surface area contributed by atoms with Gasteiger partial charge in [0.1, 0.15) is 0 Å². The van der Waals surface area contributed by atoms with Gasteiger partial charge in [0.05, 0.1) is 6.26 Å². The number of anilines is 1. The molecule has 1 aliphatic heterocycles. The molecule has 2 N–H and O–H groups in total. The van der Waals surface area contributed by atoms with E-state index >= 15 is 0 Å². The number of hydrogen-bond donors (Lipinski definition) is 2. The van der Waals surface area contributed by atoms with E-state index in [9.17, 15) is 14.4 Å². The predicted octanol–water partition coefficient (Wildman–Crippen LogP) is 4.00. The Hall–Kier alpha value is -3.09. The van der Waals surface area contributed by atoms with Crippen molar-refractivity contribution in [1.29, 1.82) is 0 Å². The van der Waals surface area contributed by atoms with Crippen LogP contribution in [0.15, 0.2) is 41.0 Å². The van der Waals surface area contributed by atoms with Gasteiger partial charge in [0, 0.05) is 36.8 Å². The van der Waals surface area contributed by atoms with Crippen molar-refractivity contribution in [3.63, 3.8) is 0 Å². The molecular formula is C24H31N3O4. The molecule has 1 aliphatic rings. The molecule has 0 saturated carbocycles. The smallest absolute Gasteiger partial charge is 0.291 e. The first kappa shape index (κ1) is 22.6. The molecule has 0 radical (unpaired) electrons. The summed E-state index contributed by atoms with van der Waals surface area (Å²) in [6, 6.07) is 8.41. The fourth-order valence-electron chi connectivity index (χ4n) is 3.70. The monoisotopic (exact) mass is 425 g/mol. The number of rotatable bonds is 7. The second-order valence-corrected chi connectivity index (χ2v) is 8.47. The maximum Gasteiger partial charge on any atom is 0.291 e. The van der Waals surface area contributed by atoms with Crippen LogP contribution in [-0.2, 0) is 4.79 Å². The Kier molecular flexibility index (Phi) is 7.50. The average Bonchev–Trinajstić information content (AvgIpc) is 3.22. The number of furan rings is 1. The first-order valence-corrected chi connectivity index (χ1v) is 10.9. The van der Waals surface area contributed by atoms with Crippen LogP contribution in [0, 0.1) is 12.8 Å². The molecule has 0 spiro atoms. The number of amides is 3. The molecular weight excluding hydrogens is 394 g/mol. The Morgan fingerprint density at radius 3 is 2.68 bits per heavy atom. The van der Waals surface area contributed by atoms with Crippen molar-refractivity contribution in [2.24, 2.45) is 5.92 Å². The largest absolute Gasteiger partial charge is 0.459 e. The molecule has 2 aromatic rings. The molecule has 3 rings (SSSR count). The molecule has 2 heterocycles. The van der Waals surface area contributed by atoms with E-state index in [2.05, 4.69) is 24.5 Å². The van der Waals surface area contributed by atoms with E-state index in [4.69, 9.17) is 4.42 Å². The van der Waals surface area contributed by atoms with E-state index in [1.165, 1.54) is 6.26 Å². The van der Waals surface area contributed by atoms with Gasteiger partial charge < -0.3 is 20.0 Å². The minimum absolute atomic E-state index is 0.0544. The Balaban J connectivity index is 1.62. The summed E-state index contributed by atoms with van der Waals surface area (Å²) in [5.41, 5.74) is 1.75. The van der Waals surface area contributed by atoms with Gasteiger partial charge in [0.2, 0.25) is 5.91 Å². The van der Waals surface area contributed by atoms with E-state index in [1.54, 1.807) is 37.3 Å². The lowest BCUT2D eigenvalue weighted by Gasteiger charge is -2.22. The molecule has 0 aliphatic carbocycles. The first-order chi connectivity index (χ1) is 14.8. The average molecular weight is 426 g/mol. The highest BCUT2D eigenvalue weighted by atomic mass is 16.3. The van der Waals surface area contributed by atoms with Crippen LogP contribution >= 0.6 is 0 Å². The first-order valence-electron chi connectivity index (χ1n) is 10.9. The van der Waals surface area contributed by atoms with Crippen LogP contribution in [0.2, 0.25) is 0 Å². The van der Waals surface area contributed by atoms with E-state index in [0.717, 1.165) is 19.4 Å². The molecule has 7 heteroatoms. The maximum atomic E-state index is 12.9. The molecule has 1 fully saturated rings. The Labute approximate surface area is 183 Å². The van der Waals surface area contributed by atoms with Crippen molar-refractivity contribution in [3.05, 3.63) is 53.5 Å². The predicted molar refractivity (Wildman–Crippen MR) is 119 cm³/mol. The fourth-order valence-corrected chi connectivity index (χ4v) is 3.70. The number of nitrogens with zero attached hydrogens (tertiary/aromatic N) is 1. The van der Waals surface area contributed by atoms with Crippen molar-refractivity contribution < 1.29 is 18.8 Å². The van der Waals surface area contributed by atoms with Crippen LogP contribution in [0.25, 0.3) is 0 Å². The molecule has 7 nitrogen and oxygen atoms in total. The SMILES string of the molecule is Cc1c(NC(=O)c2ccco2)cccc1C(=O)NC1CCC(=O)N(CCC(C)C)CC1. The highest BCUT2D eigenvalue weighted by Gasteiger charge is 2.24. The van der Waals surface area contributed by atoms with Gasteiger partial charge in [-0.2, -0.15) is 0 Å². The number of carbonyl (C=O) groups is 3. The summed E-state index contributed by atoms with van der Waals surface area (Å²) in [6.07, 6.45) is 4.24. The maximum absolute atomic E-state index is 12.9. The molecule has 1 aromatic carbocycles. The zero-order chi connectivity index (χ0) is 22.4. The van der Waals surface area contributed by atoms with Gasteiger partial charge in [0.25, 0.3) is 11.8 Å². The standard InChI is InChI=1S/C24H31N3O4/c1-16(2)11-13-27-14-12-18(9-10-22(27)28)25-23(29)19-6-4-7-20(17(19)3)26-24(30)21-8-5-15-31-21/h4-8,15-16,18H,9-14H2,1-3H3,(H,25,29)(H,26,30). The Bertz CT molecular complexity index is 921. The van der Waals surface area contributed by atoms with Crippen molar-refractivity contribution in [2.45, 2.75) is 52.5 Å². The number of nitrogens with one attached hydrogen (secondary N) is 2. The summed E-state index contributed by atoms with van der Waals surface area (Å²) in [7, 11) is 0. The minimum atomic E-state index is -0.366. The van der Waals surface area contributed by atoms with Crippen LogP contribution in [0.3, 0.4) is 0 Å². The van der Waals surface area contributed by atoms with E-state index in [0.29, 0.717) is 42.1 Å². The molecule has 1 saturated heterocycles. The van der Waals surface area contributed by atoms with E-state index in [-0.39, 0.29) is 29.5 Å². The van der Waals surface area contributed by atoms with Gasteiger partial charge in [-0.25, -0.2) is 0 Å². The van der Waals surface area contributed by atoms with Crippen LogP contribution in [0.4, 0.5) is 5.69 Å². The minimum Gasteiger partial charge on any atom is -0.459 e. The van der Waals surface area contributed by atoms with E-state index < -0.39 is 0 Å². The highest BCUT2D eigenvalue weighted by molar-refractivity contribution is 6.04. The normalized spacial score (nSPS) is 16.8. The van der Waals surface area contributed by atoms with Gasteiger partial charge in [-0.15, -0.1) is 0 Å². The fraction of sp³-hybridized carbons (Fsp3) is 0.458. The van der Waals surface area contributed by atoms with Crippen molar-refractivity contribution in [2.75, 3.05) is 18.4 Å². The van der Waals surface area contributed by atoms with Crippen molar-refractivity contribution >= 4 is 23.4 Å². The third-order valence-electron chi connectivity index (χ3n) is 5.69. The summed E-state index contributed by atoms with van der Waals surface area (Å²) >= 11 is 0. The lowest BCUT2D eigenvalue weighted by Crippen LogP contribution is -2.36. The Morgan fingerprint density at radius 2 is 1.97 bits per heavy atom. The van der Waals surface area contributed by atoms with Gasteiger partial charge in [-0.05, 0) is 61.9 Å². The number of likely N-dealkylation sites (tertiary alicyclic amines) is 1. The van der Waals surface area contributed by atoms with Gasteiger partial charge >= 0.3 is 0 Å². The lowest BCUT2D eigenvalue weighted by atomic mass is 10.0. The molecule has 1 aromatic heterocycles. The molecule has 1 unspecified atom stereocenters. The highest BCUT2D eigenvalue weighted by Crippen LogP contribution is 2.21. The number of carbonyl (C=O) groups excluding carboxylic acids is 3.